The van der Waals surface area contributed by atoms with Crippen molar-refractivity contribution >= 4 is 19.7 Å². The summed E-state index contributed by atoms with van der Waals surface area (Å²) >= 11 is 0. The van der Waals surface area contributed by atoms with Gasteiger partial charge in [0, 0.05) is 16.7 Å². The van der Waals surface area contributed by atoms with E-state index in [1.807, 2.05) is 0 Å². The van der Waals surface area contributed by atoms with Crippen LogP contribution in [0.2, 0.25) is 0 Å². The van der Waals surface area contributed by atoms with E-state index in [1.165, 1.54) is 13.2 Å². The van der Waals surface area contributed by atoms with Crippen molar-refractivity contribution in [1.82, 2.24) is 0 Å². The van der Waals surface area contributed by atoms with E-state index in [4.69, 9.17) is 15.4 Å². The fourth-order valence-corrected chi connectivity index (χ4v) is 1.97. The molecule has 0 fully saturated rings. The van der Waals surface area contributed by atoms with Crippen LogP contribution in [0.5, 0.6) is 11.5 Å². The summed E-state index contributed by atoms with van der Waals surface area (Å²) in [4.78, 5) is -0.561. The molecule has 0 unspecified atom stereocenters. The molecule has 0 aliphatic carbocycles. The van der Waals surface area contributed by atoms with E-state index in [2.05, 4.69) is 4.74 Å². The van der Waals surface area contributed by atoms with Crippen molar-refractivity contribution in [3.8, 4) is 11.5 Å². The van der Waals surface area contributed by atoms with E-state index in [9.17, 15) is 17.2 Å². The smallest absolute Gasteiger partial charge is 0.387 e. The average molecular weight is 273 g/mol. The first-order valence-corrected chi connectivity index (χ1v) is 6.23. The number of rotatable bonds is 4. The quantitative estimate of drug-likeness (QED) is 0.789. The second-order valence-electron chi connectivity index (χ2n) is 2.63. The Bertz CT molecular complexity index is 475. The third kappa shape index (κ3) is 3.21. The summed E-state index contributed by atoms with van der Waals surface area (Å²) in [5.74, 6) is -0.355. The van der Waals surface area contributed by atoms with Crippen molar-refractivity contribution in [2.24, 2.45) is 0 Å². The highest BCUT2D eigenvalue weighted by Gasteiger charge is 2.20. The van der Waals surface area contributed by atoms with Gasteiger partial charge in [-0.05, 0) is 12.1 Å². The van der Waals surface area contributed by atoms with Crippen molar-refractivity contribution < 1.29 is 26.7 Å². The third-order valence-corrected chi connectivity index (χ3v) is 2.97. The molecule has 0 heterocycles. The molecule has 1 aromatic rings. The zero-order valence-electron chi connectivity index (χ0n) is 7.98. The summed E-state index contributed by atoms with van der Waals surface area (Å²) in [5, 5.41) is 0. The van der Waals surface area contributed by atoms with Crippen molar-refractivity contribution in [2.75, 3.05) is 7.11 Å². The predicted molar refractivity (Wildman–Crippen MR) is 52.7 cm³/mol. The topological polar surface area (TPSA) is 52.6 Å². The minimum absolute atomic E-state index is 0.167. The Morgan fingerprint density at radius 2 is 2.00 bits per heavy atom. The van der Waals surface area contributed by atoms with Gasteiger partial charge in [0.05, 0.1) is 7.11 Å². The molecular weight excluding hydrogens is 266 g/mol. The van der Waals surface area contributed by atoms with Gasteiger partial charge in [0.2, 0.25) is 0 Å². The summed E-state index contributed by atoms with van der Waals surface area (Å²) in [6.45, 7) is -3.13. The van der Waals surface area contributed by atoms with Gasteiger partial charge in [0.15, 0.2) is 0 Å². The summed E-state index contributed by atoms with van der Waals surface area (Å²) in [5.41, 5.74) is 0. The van der Waals surface area contributed by atoms with Crippen molar-refractivity contribution in [2.45, 2.75) is 11.5 Å². The molecule has 0 N–H and O–H groups in total. The molecule has 0 bridgehead atoms. The first-order valence-electron chi connectivity index (χ1n) is 3.92. The van der Waals surface area contributed by atoms with Crippen LogP contribution in [0.15, 0.2) is 23.1 Å². The summed E-state index contributed by atoms with van der Waals surface area (Å²) in [6, 6.07) is 3.32. The minimum Gasteiger partial charge on any atom is -0.497 e. The lowest BCUT2D eigenvalue weighted by Gasteiger charge is -2.09. The Hall–Kier alpha value is -1.08. The number of alkyl halides is 2. The Morgan fingerprint density at radius 1 is 1.38 bits per heavy atom. The Morgan fingerprint density at radius 3 is 2.44 bits per heavy atom. The van der Waals surface area contributed by atoms with Crippen molar-refractivity contribution in [3.63, 3.8) is 0 Å². The van der Waals surface area contributed by atoms with Crippen LogP contribution >= 0.6 is 10.7 Å². The third-order valence-electron chi connectivity index (χ3n) is 1.63. The van der Waals surface area contributed by atoms with Gasteiger partial charge in [0.1, 0.15) is 16.4 Å². The first kappa shape index (κ1) is 13.0. The molecule has 16 heavy (non-hydrogen) atoms. The van der Waals surface area contributed by atoms with E-state index in [0.29, 0.717) is 0 Å². The van der Waals surface area contributed by atoms with Crippen LogP contribution in [0.4, 0.5) is 8.78 Å². The summed E-state index contributed by atoms with van der Waals surface area (Å²) < 4.78 is 54.9. The van der Waals surface area contributed by atoms with Gasteiger partial charge in [-0.15, -0.1) is 0 Å². The molecule has 0 spiro atoms. The number of ether oxygens (including phenoxy) is 2. The average Bonchev–Trinajstić information content (AvgIpc) is 2.15. The Kier molecular flexibility index (Phi) is 3.93. The molecule has 0 saturated heterocycles. The van der Waals surface area contributed by atoms with Crippen LogP contribution in [0.3, 0.4) is 0 Å². The highest BCUT2D eigenvalue weighted by atomic mass is 35.7. The van der Waals surface area contributed by atoms with Crippen molar-refractivity contribution in [1.29, 1.82) is 0 Å². The van der Waals surface area contributed by atoms with Gasteiger partial charge >= 0.3 is 6.61 Å². The minimum atomic E-state index is -4.18. The number of hydrogen-bond donors (Lipinski definition) is 0. The molecule has 0 aliphatic heterocycles. The fraction of sp³-hybridized carbons (Fsp3) is 0.250. The van der Waals surface area contributed by atoms with Crippen LogP contribution in [0.25, 0.3) is 0 Å². The van der Waals surface area contributed by atoms with Gasteiger partial charge in [-0.3, -0.25) is 0 Å². The standard InChI is InChI=1S/C8H7ClF2O4S/c1-14-5-2-3-6(15-8(10)11)7(4-5)16(9,12)13/h2-4,8H,1H3. The van der Waals surface area contributed by atoms with Gasteiger partial charge in [-0.25, -0.2) is 8.42 Å². The fourth-order valence-electron chi connectivity index (χ4n) is 0.999. The highest BCUT2D eigenvalue weighted by molar-refractivity contribution is 8.13. The van der Waals surface area contributed by atoms with Gasteiger partial charge in [-0.1, -0.05) is 0 Å². The van der Waals surface area contributed by atoms with E-state index in [-0.39, 0.29) is 5.75 Å². The Balaban J connectivity index is 3.28. The van der Waals surface area contributed by atoms with Crippen LogP contribution in [-0.4, -0.2) is 22.1 Å². The zero-order chi connectivity index (χ0) is 12.3. The van der Waals surface area contributed by atoms with E-state index in [1.54, 1.807) is 0 Å². The molecule has 0 aromatic heterocycles. The first-order chi connectivity index (χ1) is 7.34. The second kappa shape index (κ2) is 4.84. The van der Waals surface area contributed by atoms with E-state index < -0.39 is 26.3 Å². The molecule has 0 saturated carbocycles. The normalized spacial score (nSPS) is 11.6. The molecule has 90 valence electrons. The van der Waals surface area contributed by atoms with E-state index >= 15 is 0 Å². The number of hydrogen-bond acceptors (Lipinski definition) is 4. The lowest BCUT2D eigenvalue weighted by atomic mass is 10.3. The maximum Gasteiger partial charge on any atom is 0.387 e. The number of benzene rings is 1. The number of methoxy groups -OCH3 is 1. The van der Waals surface area contributed by atoms with Gasteiger partial charge < -0.3 is 9.47 Å². The van der Waals surface area contributed by atoms with Crippen LogP contribution in [0, 0.1) is 0 Å². The molecule has 1 aromatic carbocycles. The SMILES string of the molecule is COc1ccc(OC(F)F)c(S(=O)(=O)Cl)c1. The second-order valence-corrected chi connectivity index (χ2v) is 5.16. The van der Waals surface area contributed by atoms with Crippen LogP contribution in [0.1, 0.15) is 0 Å². The molecule has 1 rings (SSSR count). The zero-order valence-corrected chi connectivity index (χ0v) is 9.56. The molecule has 0 aliphatic rings. The molecule has 0 atom stereocenters. The lowest BCUT2D eigenvalue weighted by molar-refractivity contribution is -0.0517. The molecule has 0 amide bonds. The molecule has 0 radical (unpaired) electrons. The lowest BCUT2D eigenvalue weighted by Crippen LogP contribution is -2.06. The molecular formula is C8H7ClF2O4S. The molecule has 8 heteroatoms. The molecule has 4 nitrogen and oxygen atoms in total. The van der Waals surface area contributed by atoms with Crippen LogP contribution in [-0.2, 0) is 9.05 Å². The maximum absolute atomic E-state index is 12.0. The monoisotopic (exact) mass is 272 g/mol. The number of halogens is 3. The van der Waals surface area contributed by atoms with Gasteiger partial charge in [-0.2, -0.15) is 8.78 Å². The maximum atomic E-state index is 12.0. The largest absolute Gasteiger partial charge is 0.497 e. The highest BCUT2D eigenvalue weighted by Crippen LogP contribution is 2.31. The summed E-state index contributed by atoms with van der Waals surface area (Å²) in [7, 11) is 2.19. The van der Waals surface area contributed by atoms with E-state index in [0.717, 1.165) is 12.1 Å². The van der Waals surface area contributed by atoms with Crippen LogP contribution < -0.4 is 9.47 Å². The predicted octanol–water partition coefficient (Wildman–Crippen LogP) is 2.22. The Labute approximate surface area is 95.2 Å². The van der Waals surface area contributed by atoms with Gasteiger partial charge in [0.25, 0.3) is 9.05 Å². The summed E-state index contributed by atoms with van der Waals surface area (Å²) in [6.07, 6.45) is 0. The van der Waals surface area contributed by atoms with Crippen molar-refractivity contribution in [3.05, 3.63) is 18.2 Å².